The number of fused-ring (bicyclic) bond motifs is 1. The molecule has 1 N–H and O–H groups in total. The van der Waals surface area contributed by atoms with Crippen molar-refractivity contribution in [1.29, 1.82) is 0 Å². The van der Waals surface area contributed by atoms with E-state index < -0.39 is 0 Å². The SMILES string of the molecule is Cc1ccsc1C(Cl)c1ccc2c(c1)C(=O)NCCO2. The molecule has 2 heterocycles. The molecule has 1 unspecified atom stereocenters. The summed E-state index contributed by atoms with van der Waals surface area (Å²) in [5.74, 6) is 0.515. The van der Waals surface area contributed by atoms with Gasteiger partial charge in [0, 0.05) is 4.88 Å². The zero-order valence-corrected chi connectivity index (χ0v) is 12.6. The van der Waals surface area contributed by atoms with Gasteiger partial charge in [0.05, 0.1) is 17.5 Å². The van der Waals surface area contributed by atoms with E-state index >= 15 is 0 Å². The van der Waals surface area contributed by atoms with Gasteiger partial charge in [0.1, 0.15) is 12.4 Å². The van der Waals surface area contributed by atoms with Crippen LogP contribution in [0.25, 0.3) is 0 Å². The first-order valence-corrected chi connectivity index (χ1v) is 7.71. The molecule has 104 valence electrons. The number of halogens is 1. The smallest absolute Gasteiger partial charge is 0.255 e. The molecule has 0 radical (unpaired) electrons. The molecule has 1 aromatic carbocycles. The number of thiophene rings is 1. The van der Waals surface area contributed by atoms with Crippen LogP contribution in [0.15, 0.2) is 29.6 Å². The lowest BCUT2D eigenvalue weighted by atomic mass is 10.0. The largest absolute Gasteiger partial charge is 0.491 e. The molecule has 0 saturated heterocycles. The number of aryl methyl sites for hydroxylation is 1. The van der Waals surface area contributed by atoms with Crippen molar-refractivity contribution in [3.63, 3.8) is 0 Å². The van der Waals surface area contributed by atoms with E-state index in [0.29, 0.717) is 24.5 Å². The van der Waals surface area contributed by atoms with Gasteiger partial charge in [-0.15, -0.1) is 22.9 Å². The van der Waals surface area contributed by atoms with E-state index in [-0.39, 0.29) is 11.3 Å². The minimum atomic E-state index is -0.239. The van der Waals surface area contributed by atoms with Gasteiger partial charge in [0.2, 0.25) is 0 Å². The minimum Gasteiger partial charge on any atom is -0.491 e. The second-order valence-electron chi connectivity index (χ2n) is 4.69. The van der Waals surface area contributed by atoms with Crippen LogP contribution in [-0.4, -0.2) is 19.1 Å². The fourth-order valence-electron chi connectivity index (χ4n) is 2.22. The number of amides is 1. The third-order valence-electron chi connectivity index (χ3n) is 3.32. The molecule has 1 atom stereocenters. The molecule has 0 spiro atoms. The maximum Gasteiger partial charge on any atom is 0.255 e. The van der Waals surface area contributed by atoms with E-state index in [1.54, 1.807) is 11.3 Å². The van der Waals surface area contributed by atoms with Crippen molar-refractivity contribution in [3.8, 4) is 5.75 Å². The molecule has 1 aromatic heterocycles. The van der Waals surface area contributed by atoms with Crippen LogP contribution in [-0.2, 0) is 0 Å². The topological polar surface area (TPSA) is 38.3 Å². The molecule has 0 fully saturated rings. The van der Waals surface area contributed by atoms with Gasteiger partial charge in [-0.2, -0.15) is 0 Å². The zero-order chi connectivity index (χ0) is 14.1. The molecular weight excluding hydrogens is 294 g/mol. The lowest BCUT2D eigenvalue weighted by molar-refractivity contribution is 0.0957. The van der Waals surface area contributed by atoms with Gasteiger partial charge in [0.15, 0.2) is 0 Å². The van der Waals surface area contributed by atoms with E-state index in [2.05, 4.69) is 11.4 Å². The molecule has 20 heavy (non-hydrogen) atoms. The highest BCUT2D eigenvalue weighted by Gasteiger charge is 2.20. The number of rotatable bonds is 2. The van der Waals surface area contributed by atoms with Gasteiger partial charge in [-0.05, 0) is 41.6 Å². The summed E-state index contributed by atoms with van der Waals surface area (Å²) in [5, 5.41) is 4.60. The molecular formula is C15H14ClNO2S. The maximum atomic E-state index is 12.0. The van der Waals surface area contributed by atoms with Crippen molar-refractivity contribution in [2.45, 2.75) is 12.3 Å². The van der Waals surface area contributed by atoms with Crippen LogP contribution in [0.4, 0.5) is 0 Å². The summed E-state index contributed by atoms with van der Waals surface area (Å²) >= 11 is 8.18. The lowest BCUT2D eigenvalue weighted by Crippen LogP contribution is -2.24. The molecule has 0 bridgehead atoms. The third kappa shape index (κ3) is 2.41. The number of hydrogen-bond acceptors (Lipinski definition) is 3. The van der Waals surface area contributed by atoms with Crippen molar-refractivity contribution >= 4 is 28.8 Å². The number of hydrogen-bond donors (Lipinski definition) is 1. The first-order chi connectivity index (χ1) is 9.66. The summed E-state index contributed by atoms with van der Waals surface area (Å²) in [6, 6.07) is 7.63. The average molecular weight is 308 g/mol. The molecule has 0 saturated carbocycles. The highest BCUT2D eigenvalue weighted by molar-refractivity contribution is 7.10. The molecule has 3 nitrogen and oxygen atoms in total. The first kappa shape index (κ1) is 13.5. The van der Waals surface area contributed by atoms with Crippen LogP contribution < -0.4 is 10.1 Å². The number of alkyl halides is 1. The highest BCUT2D eigenvalue weighted by atomic mass is 35.5. The fourth-order valence-corrected chi connectivity index (χ4v) is 3.62. The van der Waals surface area contributed by atoms with Crippen LogP contribution in [0.5, 0.6) is 5.75 Å². The second kappa shape index (κ2) is 5.46. The van der Waals surface area contributed by atoms with Gasteiger partial charge >= 0.3 is 0 Å². The van der Waals surface area contributed by atoms with Crippen LogP contribution in [0.1, 0.15) is 31.7 Å². The molecule has 1 aliphatic rings. The van der Waals surface area contributed by atoms with Crippen molar-refractivity contribution in [3.05, 3.63) is 51.2 Å². The Labute approximate surface area is 126 Å². The minimum absolute atomic E-state index is 0.105. The number of carbonyl (C=O) groups excluding carboxylic acids is 1. The zero-order valence-electron chi connectivity index (χ0n) is 11.0. The summed E-state index contributed by atoms with van der Waals surface area (Å²) in [5.41, 5.74) is 2.64. The fraction of sp³-hybridized carbons (Fsp3) is 0.267. The van der Waals surface area contributed by atoms with E-state index in [4.69, 9.17) is 16.3 Å². The Bertz CT molecular complexity index is 653. The van der Waals surface area contributed by atoms with Crippen LogP contribution >= 0.6 is 22.9 Å². The number of carbonyl (C=O) groups is 1. The Balaban J connectivity index is 2.00. The predicted octanol–water partition coefficient (Wildman–Crippen LogP) is 3.51. The number of benzene rings is 1. The average Bonchev–Trinajstić information content (AvgIpc) is 2.79. The third-order valence-corrected chi connectivity index (χ3v) is 5.00. The first-order valence-electron chi connectivity index (χ1n) is 6.40. The lowest BCUT2D eigenvalue weighted by Gasteiger charge is -2.12. The molecule has 0 aliphatic carbocycles. The van der Waals surface area contributed by atoms with Crippen LogP contribution in [0.2, 0.25) is 0 Å². The summed E-state index contributed by atoms with van der Waals surface area (Å²) in [4.78, 5) is 13.1. The van der Waals surface area contributed by atoms with Gasteiger partial charge < -0.3 is 10.1 Å². The number of ether oxygens (including phenoxy) is 1. The monoisotopic (exact) mass is 307 g/mol. The maximum absolute atomic E-state index is 12.0. The number of nitrogens with one attached hydrogen (secondary N) is 1. The summed E-state index contributed by atoms with van der Waals surface area (Å²) < 4.78 is 5.54. The van der Waals surface area contributed by atoms with E-state index in [1.807, 2.05) is 30.5 Å². The molecule has 3 rings (SSSR count). The van der Waals surface area contributed by atoms with Crippen molar-refractivity contribution in [1.82, 2.24) is 5.32 Å². The van der Waals surface area contributed by atoms with Gasteiger partial charge in [0.25, 0.3) is 5.91 Å². The van der Waals surface area contributed by atoms with Crippen LogP contribution in [0.3, 0.4) is 0 Å². The Hall–Kier alpha value is -1.52. The predicted molar refractivity (Wildman–Crippen MR) is 81.0 cm³/mol. The standard InChI is InChI=1S/C15H14ClNO2S/c1-9-4-7-20-14(9)13(16)10-2-3-12-11(8-10)15(18)17-5-6-19-12/h2-4,7-8,13H,5-6H2,1H3,(H,17,18). The normalized spacial score (nSPS) is 15.8. The van der Waals surface area contributed by atoms with Crippen molar-refractivity contribution in [2.24, 2.45) is 0 Å². The van der Waals surface area contributed by atoms with Crippen molar-refractivity contribution < 1.29 is 9.53 Å². The van der Waals surface area contributed by atoms with Crippen molar-refractivity contribution in [2.75, 3.05) is 13.2 Å². The molecule has 2 aromatic rings. The Kier molecular flexibility index (Phi) is 3.68. The highest BCUT2D eigenvalue weighted by Crippen LogP contribution is 2.36. The Morgan fingerprint density at radius 2 is 2.25 bits per heavy atom. The van der Waals surface area contributed by atoms with Gasteiger partial charge in [-0.3, -0.25) is 4.79 Å². The molecule has 5 heteroatoms. The van der Waals surface area contributed by atoms with E-state index in [1.165, 1.54) is 5.56 Å². The van der Waals surface area contributed by atoms with E-state index in [0.717, 1.165) is 10.4 Å². The molecule has 1 amide bonds. The quantitative estimate of drug-likeness (QED) is 0.862. The van der Waals surface area contributed by atoms with Gasteiger partial charge in [-0.25, -0.2) is 0 Å². The second-order valence-corrected chi connectivity index (χ2v) is 6.07. The Morgan fingerprint density at radius 1 is 1.40 bits per heavy atom. The molecule has 1 aliphatic heterocycles. The summed E-state index contributed by atoms with van der Waals surface area (Å²) in [6.07, 6.45) is 0. The van der Waals surface area contributed by atoms with Crippen LogP contribution in [0, 0.1) is 6.92 Å². The summed E-state index contributed by atoms with van der Waals surface area (Å²) in [6.45, 7) is 3.06. The summed E-state index contributed by atoms with van der Waals surface area (Å²) in [7, 11) is 0. The van der Waals surface area contributed by atoms with Gasteiger partial charge in [-0.1, -0.05) is 6.07 Å². The Morgan fingerprint density at radius 3 is 3.00 bits per heavy atom. The van der Waals surface area contributed by atoms with E-state index in [9.17, 15) is 4.79 Å².